The molecule has 1 aliphatic heterocycles. The highest BCUT2D eigenvalue weighted by Gasteiger charge is 2.23. The van der Waals surface area contributed by atoms with Crippen molar-refractivity contribution in [3.05, 3.63) is 15.9 Å². The molecule has 1 aliphatic rings. The first-order valence-corrected chi connectivity index (χ1v) is 6.97. The van der Waals surface area contributed by atoms with E-state index in [4.69, 9.17) is 0 Å². The zero-order valence-corrected chi connectivity index (χ0v) is 12.6. The molecule has 18 heavy (non-hydrogen) atoms. The maximum atomic E-state index is 12.2. The minimum Gasteiger partial charge on any atom is -0.348 e. The van der Waals surface area contributed by atoms with Crippen molar-refractivity contribution in [3.8, 4) is 0 Å². The van der Waals surface area contributed by atoms with E-state index in [9.17, 15) is 4.79 Å². The highest BCUT2D eigenvalue weighted by molar-refractivity contribution is 9.10. The van der Waals surface area contributed by atoms with Crippen molar-refractivity contribution in [2.24, 2.45) is 7.05 Å². The van der Waals surface area contributed by atoms with E-state index >= 15 is 0 Å². The molecule has 2 rings (SSSR count). The molecule has 1 N–H and O–H groups in total. The number of piperidine rings is 1. The number of hydrogen-bond donors (Lipinski definition) is 1. The van der Waals surface area contributed by atoms with Crippen LogP contribution in [0.25, 0.3) is 0 Å². The Balaban J connectivity index is 2.04. The van der Waals surface area contributed by atoms with Crippen LogP contribution in [0.5, 0.6) is 0 Å². The molecule has 0 saturated carbocycles. The van der Waals surface area contributed by atoms with Gasteiger partial charge in [-0.05, 0) is 55.8 Å². The molecule has 1 fully saturated rings. The third-order valence-corrected chi connectivity index (χ3v) is 4.37. The zero-order valence-electron chi connectivity index (χ0n) is 11.0. The SMILES string of the molecule is Cc1nn(C)c(C(=O)NC2CCN(C)CC2)c1Br. The lowest BCUT2D eigenvalue weighted by molar-refractivity contribution is 0.0906. The lowest BCUT2D eigenvalue weighted by Crippen LogP contribution is -2.43. The second-order valence-electron chi connectivity index (χ2n) is 4.92. The summed E-state index contributed by atoms with van der Waals surface area (Å²) in [6, 6.07) is 0.274. The molecular weight excluding hydrogens is 296 g/mol. The fourth-order valence-corrected chi connectivity index (χ4v) is 2.80. The van der Waals surface area contributed by atoms with Crippen LogP contribution in [0, 0.1) is 6.92 Å². The minimum absolute atomic E-state index is 0.0421. The molecular formula is C12H19BrN4O. The summed E-state index contributed by atoms with van der Waals surface area (Å²) in [5, 5.41) is 7.33. The van der Waals surface area contributed by atoms with Gasteiger partial charge in [-0.1, -0.05) is 0 Å². The maximum absolute atomic E-state index is 12.2. The first kappa shape index (κ1) is 13.5. The summed E-state index contributed by atoms with van der Waals surface area (Å²) in [5.74, 6) is -0.0421. The molecule has 0 radical (unpaired) electrons. The van der Waals surface area contributed by atoms with Crippen LogP contribution in [-0.2, 0) is 7.05 Å². The maximum Gasteiger partial charge on any atom is 0.270 e. The van der Waals surface area contributed by atoms with E-state index in [1.54, 1.807) is 11.7 Å². The fraction of sp³-hybridized carbons (Fsp3) is 0.667. The third kappa shape index (κ3) is 2.75. The molecule has 1 saturated heterocycles. The van der Waals surface area contributed by atoms with Crippen LogP contribution < -0.4 is 5.32 Å². The Morgan fingerprint density at radius 3 is 2.50 bits per heavy atom. The molecule has 0 bridgehead atoms. The molecule has 6 heteroatoms. The van der Waals surface area contributed by atoms with E-state index in [0.29, 0.717) is 5.69 Å². The van der Waals surface area contributed by atoms with Gasteiger partial charge in [-0.25, -0.2) is 0 Å². The molecule has 1 aromatic rings. The minimum atomic E-state index is -0.0421. The summed E-state index contributed by atoms with van der Waals surface area (Å²) in [7, 11) is 3.90. The second kappa shape index (κ2) is 5.40. The van der Waals surface area contributed by atoms with Crippen LogP contribution in [0.4, 0.5) is 0 Å². The number of likely N-dealkylation sites (tertiary alicyclic amines) is 1. The van der Waals surface area contributed by atoms with Gasteiger partial charge in [-0.3, -0.25) is 9.48 Å². The molecule has 0 aliphatic carbocycles. The largest absolute Gasteiger partial charge is 0.348 e. The van der Waals surface area contributed by atoms with Gasteiger partial charge in [0.15, 0.2) is 0 Å². The van der Waals surface area contributed by atoms with Crippen molar-refractivity contribution in [2.45, 2.75) is 25.8 Å². The van der Waals surface area contributed by atoms with Crippen molar-refractivity contribution in [1.82, 2.24) is 20.0 Å². The van der Waals surface area contributed by atoms with Gasteiger partial charge in [-0.15, -0.1) is 0 Å². The van der Waals surface area contributed by atoms with Crippen LogP contribution >= 0.6 is 15.9 Å². The normalized spacial score (nSPS) is 18.0. The van der Waals surface area contributed by atoms with Gasteiger partial charge in [0.25, 0.3) is 5.91 Å². The van der Waals surface area contributed by atoms with E-state index < -0.39 is 0 Å². The highest BCUT2D eigenvalue weighted by Crippen LogP contribution is 2.20. The average Bonchev–Trinajstić information content (AvgIpc) is 2.56. The van der Waals surface area contributed by atoms with Gasteiger partial charge in [0.1, 0.15) is 5.69 Å². The van der Waals surface area contributed by atoms with Crippen molar-refractivity contribution < 1.29 is 4.79 Å². The molecule has 0 spiro atoms. The Morgan fingerprint density at radius 1 is 1.39 bits per heavy atom. The summed E-state index contributed by atoms with van der Waals surface area (Å²) in [6.07, 6.45) is 2.02. The summed E-state index contributed by atoms with van der Waals surface area (Å²) in [6.45, 7) is 3.96. The van der Waals surface area contributed by atoms with Crippen LogP contribution in [-0.4, -0.2) is 46.8 Å². The molecule has 1 aromatic heterocycles. The Labute approximate surface area is 116 Å². The molecule has 0 aromatic carbocycles. The number of hydrogen-bond acceptors (Lipinski definition) is 3. The number of nitrogens with zero attached hydrogens (tertiary/aromatic N) is 3. The molecule has 5 nitrogen and oxygen atoms in total. The molecule has 2 heterocycles. The number of nitrogens with one attached hydrogen (secondary N) is 1. The fourth-order valence-electron chi connectivity index (χ4n) is 2.29. The van der Waals surface area contributed by atoms with Gasteiger partial charge < -0.3 is 10.2 Å². The van der Waals surface area contributed by atoms with E-state index in [-0.39, 0.29) is 11.9 Å². The van der Waals surface area contributed by atoms with E-state index in [1.807, 2.05) is 6.92 Å². The first-order chi connectivity index (χ1) is 8.49. The van der Waals surface area contributed by atoms with Gasteiger partial charge >= 0.3 is 0 Å². The Hall–Kier alpha value is -0.880. The molecule has 0 atom stereocenters. The molecule has 1 amide bonds. The van der Waals surface area contributed by atoms with Gasteiger partial charge in [0, 0.05) is 13.1 Å². The van der Waals surface area contributed by atoms with Crippen LogP contribution in [0.1, 0.15) is 29.0 Å². The zero-order chi connectivity index (χ0) is 13.3. The van der Waals surface area contributed by atoms with Crippen molar-refractivity contribution >= 4 is 21.8 Å². The Kier molecular flexibility index (Phi) is 4.07. The molecule has 0 unspecified atom stereocenters. The van der Waals surface area contributed by atoms with Crippen molar-refractivity contribution in [2.75, 3.05) is 20.1 Å². The smallest absolute Gasteiger partial charge is 0.270 e. The van der Waals surface area contributed by atoms with Crippen LogP contribution in [0.3, 0.4) is 0 Å². The summed E-state index contributed by atoms with van der Waals surface area (Å²) >= 11 is 3.42. The lowest BCUT2D eigenvalue weighted by Gasteiger charge is -2.29. The van der Waals surface area contributed by atoms with Crippen LogP contribution in [0.15, 0.2) is 4.47 Å². The number of rotatable bonds is 2. The lowest BCUT2D eigenvalue weighted by atomic mass is 10.1. The average molecular weight is 315 g/mol. The van der Waals surface area contributed by atoms with E-state index in [1.165, 1.54) is 0 Å². The predicted octanol–water partition coefficient (Wildman–Crippen LogP) is 1.32. The Morgan fingerprint density at radius 2 is 2.00 bits per heavy atom. The number of aromatic nitrogens is 2. The van der Waals surface area contributed by atoms with Gasteiger partial charge in [-0.2, -0.15) is 5.10 Å². The number of halogens is 1. The summed E-state index contributed by atoms with van der Waals surface area (Å²) in [4.78, 5) is 14.5. The van der Waals surface area contributed by atoms with Crippen molar-refractivity contribution in [1.29, 1.82) is 0 Å². The number of aryl methyl sites for hydroxylation is 2. The standard InChI is InChI=1S/C12H19BrN4O/c1-8-10(13)11(17(3)15-8)12(18)14-9-4-6-16(2)7-5-9/h9H,4-7H2,1-3H3,(H,14,18). The quantitative estimate of drug-likeness (QED) is 0.895. The third-order valence-electron chi connectivity index (χ3n) is 3.42. The van der Waals surface area contributed by atoms with E-state index in [0.717, 1.165) is 36.1 Å². The van der Waals surface area contributed by atoms with E-state index in [2.05, 4.69) is 38.3 Å². The number of carbonyl (C=O) groups excluding carboxylic acids is 1. The predicted molar refractivity (Wildman–Crippen MR) is 73.6 cm³/mol. The number of amides is 1. The Bertz CT molecular complexity index is 449. The van der Waals surface area contributed by atoms with Gasteiger partial charge in [0.05, 0.1) is 10.2 Å². The first-order valence-electron chi connectivity index (χ1n) is 6.17. The van der Waals surface area contributed by atoms with Crippen molar-refractivity contribution in [3.63, 3.8) is 0 Å². The summed E-state index contributed by atoms with van der Waals surface area (Å²) in [5.41, 5.74) is 1.44. The van der Waals surface area contributed by atoms with Crippen LogP contribution in [0.2, 0.25) is 0 Å². The van der Waals surface area contributed by atoms with Gasteiger partial charge in [0.2, 0.25) is 0 Å². The highest BCUT2D eigenvalue weighted by atomic mass is 79.9. The summed E-state index contributed by atoms with van der Waals surface area (Å²) < 4.78 is 2.42. The topological polar surface area (TPSA) is 50.2 Å². The number of carbonyl (C=O) groups is 1. The monoisotopic (exact) mass is 314 g/mol. The second-order valence-corrected chi connectivity index (χ2v) is 5.72. The molecule has 100 valence electrons.